The van der Waals surface area contributed by atoms with Gasteiger partial charge in [-0.2, -0.15) is 0 Å². The van der Waals surface area contributed by atoms with Crippen LogP contribution in [-0.4, -0.2) is 22.7 Å². The number of carbonyl (C=O) groups is 3. The summed E-state index contributed by atoms with van der Waals surface area (Å²) in [6, 6.07) is 15.4. The summed E-state index contributed by atoms with van der Waals surface area (Å²) in [5.74, 6) is -0.928. The fourth-order valence-electron chi connectivity index (χ4n) is 3.00. The Bertz CT molecular complexity index is 1150. The van der Waals surface area contributed by atoms with Crippen molar-refractivity contribution in [2.45, 2.75) is 13.2 Å². The molecule has 0 bridgehead atoms. The molecule has 4 amide bonds. The molecule has 1 aliphatic rings. The van der Waals surface area contributed by atoms with Crippen molar-refractivity contribution in [2.75, 3.05) is 0 Å². The Labute approximate surface area is 176 Å². The highest BCUT2D eigenvalue weighted by Gasteiger charge is 2.36. The van der Waals surface area contributed by atoms with Crippen molar-refractivity contribution in [3.05, 3.63) is 95.2 Å². The predicted molar refractivity (Wildman–Crippen MR) is 108 cm³/mol. The van der Waals surface area contributed by atoms with E-state index in [2.05, 4.69) is 5.32 Å². The van der Waals surface area contributed by atoms with Crippen molar-refractivity contribution >= 4 is 23.9 Å². The summed E-state index contributed by atoms with van der Waals surface area (Å²) in [5, 5.41) is 2.15. The SMILES string of the molecule is O=C1NC(=O)N(Cc2ccco2)C(=O)/C1=C/c1ccc(OCc2ccccc2F)cc1. The second kappa shape index (κ2) is 8.66. The minimum Gasteiger partial charge on any atom is -0.489 e. The van der Waals surface area contributed by atoms with Gasteiger partial charge in [-0.25, -0.2) is 9.18 Å². The van der Waals surface area contributed by atoms with E-state index in [0.29, 0.717) is 22.6 Å². The highest BCUT2D eigenvalue weighted by molar-refractivity contribution is 6.30. The molecular weight excluding hydrogens is 403 g/mol. The van der Waals surface area contributed by atoms with Gasteiger partial charge in [-0.05, 0) is 42.0 Å². The van der Waals surface area contributed by atoms with Gasteiger partial charge in [-0.15, -0.1) is 0 Å². The average Bonchev–Trinajstić information content (AvgIpc) is 3.28. The summed E-state index contributed by atoms with van der Waals surface area (Å²) in [5.41, 5.74) is 0.815. The lowest BCUT2D eigenvalue weighted by Gasteiger charge is -2.25. The van der Waals surface area contributed by atoms with Gasteiger partial charge in [-0.1, -0.05) is 30.3 Å². The summed E-state index contributed by atoms with van der Waals surface area (Å²) < 4.78 is 24.4. The van der Waals surface area contributed by atoms with Gasteiger partial charge in [0.2, 0.25) is 0 Å². The highest BCUT2D eigenvalue weighted by atomic mass is 19.1. The molecule has 0 atom stereocenters. The van der Waals surface area contributed by atoms with E-state index in [9.17, 15) is 18.8 Å². The van der Waals surface area contributed by atoms with Crippen LogP contribution < -0.4 is 10.1 Å². The molecule has 1 aliphatic heterocycles. The fraction of sp³-hybridized carbons (Fsp3) is 0.0870. The van der Waals surface area contributed by atoms with E-state index in [0.717, 1.165) is 4.90 Å². The Morgan fingerprint density at radius 1 is 1.00 bits per heavy atom. The number of nitrogens with one attached hydrogen (secondary N) is 1. The van der Waals surface area contributed by atoms with Gasteiger partial charge in [0.25, 0.3) is 11.8 Å². The van der Waals surface area contributed by atoms with E-state index in [-0.39, 0.29) is 24.5 Å². The lowest BCUT2D eigenvalue weighted by atomic mass is 10.1. The number of hydrogen-bond donors (Lipinski definition) is 1. The first-order valence-electron chi connectivity index (χ1n) is 9.39. The van der Waals surface area contributed by atoms with Crippen molar-refractivity contribution < 1.29 is 27.9 Å². The van der Waals surface area contributed by atoms with Crippen molar-refractivity contribution in [3.8, 4) is 5.75 Å². The van der Waals surface area contributed by atoms with Crippen LogP contribution in [0.2, 0.25) is 0 Å². The van der Waals surface area contributed by atoms with Crippen molar-refractivity contribution in [3.63, 3.8) is 0 Å². The van der Waals surface area contributed by atoms with Gasteiger partial charge in [0.1, 0.15) is 29.5 Å². The number of benzene rings is 2. The molecule has 0 unspecified atom stereocenters. The normalized spacial score (nSPS) is 15.3. The number of barbiturate groups is 1. The van der Waals surface area contributed by atoms with Gasteiger partial charge in [-0.3, -0.25) is 19.8 Å². The lowest BCUT2D eigenvalue weighted by Crippen LogP contribution is -2.53. The molecule has 0 saturated carbocycles. The van der Waals surface area contributed by atoms with Crippen LogP contribution in [0.3, 0.4) is 0 Å². The second-order valence-electron chi connectivity index (χ2n) is 6.74. The third kappa shape index (κ3) is 4.53. The molecule has 7 nitrogen and oxygen atoms in total. The van der Waals surface area contributed by atoms with Crippen LogP contribution >= 0.6 is 0 Å². The molecule has 0 aliphatic carbocycles. The number of furan rings is 1. The first kappa shape index (κ1) is 20.1. The Hall–Kier alpha value is -4.20. The fourth-order valence-corrected chi connectivity index (χ4v) is 3.00. The molecule has 1 saturated heterocycles. The van der Waals surface area contributed by atoms with Gasteiger partial charge >= 0.3 is 6.03 Å². The lowest BCUT2D eigenvalue weighted by molar-refractivity contribution is -0.130. The molecule has 1 N–H and O–H groups in total. The summed E-state index contributed by atoms with van der Waals surface area (Å²) in [4.78, 5) is 37.9. The van der Waals surface area contributed by atoms with Gasteiger partial charge in [0, 0.05) is 5.56 Å². The summed E-state index contributed by atoms with van der Waals surface area (Å²) in [6.07, 6.45) is 2.82. The molecule has 2 aromatic carbocycles. The molecule has 1 aromatic heterocycles. The first-order chi connectivity index (χ1) is 15.0. The molecule has 3 aromatic rings. The van der Waals surface area contributed by atoms with Gasteiger partial charge in [0.05, 0.1) is 12.8 Å². The number of carbonyl (C=O) groups excluding carboxylic acids is 3. The van der Waals surface area contributed by atoms with Crippen LogP contribution in [0.1, 0.15) is 16.9 Å². The molecule has 31 heavy (non-hydrogen) atoms. The summed E-state index contributed by atoms with van der Waals surface area (Å²) in [6.45, 7) is -0.0248. The third-order valence-corrected chi connectivity index (χ3v) is 4.62. The smallest absolute Gasteiger partial charge is 0.331 e. The van der Waals surface area contributed by atoms with E-state index >= 15 is 0 Å². The number of imide groups is 2. The predicted octanol–water partition coefficient (Wildman–Crippen LogP) is 3.66. The standard InChI is InChI=1S/C23H17FN2O5/c24-20-6-2-1-4-16(20)14-31-17-9-7-15(8-10-17)12-19-21(27)25-23(29)26(22(19)28)13-18-5-3-11-30-18/h1-12H,13-14H2,(H,25,27,29)/b19-12+. The second-order valence-corrected chi connectivity index (χ2v) is 6.74. The molecule has 1 fully saturated rings. The van der Waals surface area contributed by atoms with E-state index in [1.807, 2.05) is 0 Å². The number of ether oxygens (including phenoxy) is 1. The number of amides is 4. The van der Waals surface area contributed by atoms with Crippen LogP contribution in [0.15, 0.2) is 76.9 Å². The van der Waals surface area contributed by atoms with E-state index < -0.39 is 17.8 Å². The molecule has 4 rings (SSSR count). The van der Waals surface area contributed by atoms with E-state index in [1.165, 1.54) is 18.4 Å². The van der Waals surface area contributed by atoms with Gasteiger partial charge in [0.15, 0.2) is 0 Å². The zero-order chi connectivity index (χ0) is 21.8. The monoisotopic (exact) mass is 420 g/mol. The minimum atomic E-state index is -0.805. The Kier molecular flexibility index (Phi) is 5.61. The van der Waals surface area contributed by atoms with Crippen molar-refractivity contribution in [1.29, 1.82) is 0 Å². The number of hydrogen-bond acceptors (Lipinski definition) is 5. The van der Waals surface area contributed by atoms with Crippen LogP contribution in [0.5, 0.6) is 5.75 Å². The number of nitrogens with zero attached hydrogens (tertiary/aromatic N) is 1. The number of rotatable bonds is 6. The molecule has 0 radical (unpaired) electrons. The minimum absolute atomic E-state index is 0.0673. The van der Waals surface area contributed by atoms with Crippen molar-refractivity contribution in [1.82, 2.24) is 10.2 Å². The Balaban J connectivity index is 1.47. The zero-order valence-electron chi connectivity index (χ0n) is 16.2. The molecule has 2 heterocycles. The summed E-state index contributed by atoms with van der Waals surface area (Å²) in [7, 11) is 0. The van der Waals surface area contributed by atoms with Crippen molar-refractivity contribution in [2.24, 2.45) is 0 Å². The van der Waals surface area contributed by atoms with Crippen LogP contribution in [0.25, 0.3) is 6.08 Å². The Morgan fingerprint density at radius 2 is 1.77 bits per heavy atom. The highest BCUT2D eigenvalue weighted by Crippen LogP contribution is 2.20. The number of urea groups is 1. The maximum absolute atomic E-state index is 13.7. The third-order valence-electron chi connectivity index (χ3n) is 4.62. The van der Waals surface area contributed by atoms with Crippen LogP contribution in [0, 0.1) is 5.82 Å². The van der Waals surface area contributed by atoms with Crippen LogP contribution in [-0.2, 0) is 22.7 Å². The zero-order valence-corrected chi connectivity index (χ0v) is 16.2. The largest absolute Gasteiger partial charge is 0.489 e. The molecule has 8 heteroatoms. The topological polar surface area (TPSA) is 88.9 Å². The first-order valence-corrected chi connectivity index (χ1v) is 9.39. The molecule has 156 valence electrons. The quantitative estimate of drug-likeness (QED) is 0.486. The molecular formula is C23H17FN2O5. The van der Waals surface area contributed by atoms with Gasteiger partial charge < -0.3 is 9.15 Å². The Morgan fingerprint density at radius 3 is 2.48 bits per heavy atom. The maximum atomic E-state index is 13.7. The molecule has 0 spiro atoms. The number of halogens is 1. The van der Waals surface area contributed by atoms with E-state index in [1.54, 1.807) is 54.6 Å². The van der Waals surface area contributed by atoms with E-state index in [4.69, 9.17) is 9.15 Å². The average molecular weight is 420 g/mol. The maximum Gasteiger partial charge on any atom is 0.331 e. The van der Waals surface area contributed by atoms with Crippen LogP contribution in [0.4, 0.5) is 9.18 Å². The summed E-state index contributed by atoms with van der Waals surface area (Å²) >= 11 is 0.